The van der Waals surface area contributed by atoms with Crippen molar-refractivity contribution in [1.29, 1.82) is 0 Å². The van der Waals surface area contributed by atoms with Crippen molar-refractivity contribution in [2.75, 3.05) is 0 Å². The molecule has 0 aliphatic heterocycles. The highest BCUT2D eigenvalue weighted by Gasteiger charge is 2.14. The molecule has 40 heavy (non-hydrogen) atoms. The van der Waals surface area contributed by atoms with Gasteiger partial charge in [0.05, 0.1) is 21.8 Å². The van der Waals surface area contributed by atoms with E-state index in [1.807, 2.05) is 24.3 Å². The first-order valence-corrected chi connectivity index (χ1v) is 12.0. The monoisotopic (exact) mass is 534 g/mol. The molecule has 10 nitrogen and oxygen atoms in total. The number of carbonyl (C=O) groups excluding carboxylic acids is 2. The van der Waals surface area contributed by atoms with Gasteiger partial charge in [0.15, 0.2) is 0 Å². The highest BCUT2D eigenvalue weighted by molar-refractivity contribution is 5.90. The second-order valence-corrected chi connectivity index (χ2v) is 8.93. The Balaban J connectivity index is 1.35. The number of carbonyl (C=O) groups is 2. The van der Waals surface area contributed by atoms with Crippen molar-refractivity contribution in [1.82, 2.24) is 9.97 Å². The highest BCUT2D eigenvalue weighted by Crippen LogP contribution is 2.29. The molecule has 6 rings (SSSR count). The molecule has 0 spiro atoms. The molecule has 2 heterocycles. The topological polar surface area (TPSA) is 139 Å². The molecule has 0 fully saturated rings. The Bertz CT molecular complexity index is 1980. The van der Waals surface area contributed by atoms with E-state index >= 15 is 0 Å². The number of ether oxygens (including phenoxy) is 2. The standard InChI is InChI=1S/C30H18N2O8/c1-15(33)37-21-7-9-25-23(13-21)29(35)39-27(31-25)19-5-3-18-12-20(6-4-17(18)11-19)28-32-26-10-8-22(38-16(2)34)14-24(26)30(36)40-28/h3-14H,1-2H3. The molecule has 0 saturated carbocycles. The van der Waals surface area contributed by atoms with Crippen molar-refractivity contribution >= 4 is 44.5 Å². The fourth-order valence-corrected chi connectivity index (χ4v) is 4.32. The van der Waals surface area contributed by atoms with Crippen molar-refractivity contribution in [3.8, 4) is 34.4 Å². The van der Waals surface area contributed by atoms with Crippen molar-refractivity contribution in [3.05, 3.63) is 93.6 Å². The van der Waals surface area contributed by atoms with Crippen LogP contribution in [-0.2, 0) is 9.59 Å². The van der Waals surface area contributed by atoms with Gasteiger partial charge in [0, 0.05) is 25.0 Å². The van der Waals surface area contributed by atoms with E-state index in [2.05, 4.69) is 9.97 Å². The van der Waals surface area contributed by atoms with E-state index in [0.717, 1.165) is 10.8 Å². The van der Waals surface area contributed by atoms with Crippen molar-refractivity contribution in [2.45, 2.75) is 13.8 Å². The lowest BCUT2D eigenvalue weighted by atomic mass is 10.0. The van der Waals surface area contributed by atoms with Crippen LogP contribution in [0.1, 0.15) is 13.8 Å². The van der Waals surface area contributed by atoms with E-state index in [1.165, 1.54) is 26.0 Å². The fraction of sp³-hybridized carbons (Fsp3) is 0.0667. The summed E-state index contributed by atoms with van der Waals surface area (Å²) in [5.74, 6) is -0.265. The SMILES string of the molecule is CC(=O)Oc1ccc2nc(-c3ccc4cc(-c5nc6ccc(OC(C)=O)cc6c(=O)o5)ccc4c3)oc(=O)c2c1. The summed E-state index contributed by atoms with van der Waals surface area (Å²) in [4.78, 5) is 56.7. The number of esters is 2. The Labute approximate surface area is 224 Å². The maximum absolute atomic E-state index is 12.7. The molecule has 0 amide bonds. The number of hydrogen-bond acceptors (Lipinski definition) is 10. The molecule has 0 bridgehead atoms. The van der Waals surface area contributed by atoms with E-state index in [9.17, 15) is 19.2 Å². The number of benzene rings is 4. The Hall–Kier alpha value is -5.64. The Morgan fingerprint density at radius 1 is 0.600 bits per heavy atom. The Kier molecular flexibility index (Phi) is 5.92. The first-order chi connectivity index (χ1) is 19.2. The number of nitrogens with zero attached hydrogens (tertiary/aromatic N) is 2. The van der Waals surface area contributed by atoms with Crippen LogP contribution in [0.5, 0.6) is 11.5 Å². The summed E-state index contributed by atoms with van der Waals surface area (Å²) in [7, 11) is 0. The van der Waals surface area contributed by atoms with Crippen LogP contribution in [0.3, 0.4) is 0 Å². The summed E-state index contributed by atoms with van der Waals surface area (Å²) in [5, 5.41) is 2.04. The second kappa shape index (κ2) is 9.59. The van der Waals surface area contributed by atoms with Crippen molar-refractivity contribution < 1.29 is 27.9 Å². The van der Waals surface area contributed by atoms with Gasteiger partial charge in [0.1, 0.15) is 11.5 Å². The van der Waals surface area contributed by atoms with Gasteiger partial charge in [-0.3, -0.25) is 9.59 Å². The minimum Gasteiger partial charge on any atom is -0.427 e. The first-order valence-electron chi connectivity index (χ1n) is 12.0. The highest BCUT2D eigenvalue weighted by atomic mass is 16.5. The van der Waals surface area contributed by atoms with Crippen LogP contribution in [0.25, 0.3) is 55.5 Å². The van der Waals surface area contributed by atoms with Gasteiger partial charge in [0.25, 0.3) is 0 Å². The molecule has 4 aromatic carbocycles. The zero-order valence-corrected chi connectivity index (χ0v) is 21.1. The lowest BCUT2D eigenvalue weighted by molar-refractivity contribution is -0.132. The largest absolute Gasteiger partial charge is 0.427 e. The Morgan fingerprint density at radius 3 is 1.43 bits per heavy atom. The average Bonchev–Trinajstić information content (AvgIpc) is 2.92. The summed E-state index contributed by atoms with van der Waals surface area (Å²) in [6, 6.07) is 19.9. The molecule has 0 aliphatic rings. The molecule has 0 N–H and O–H groups in total. The number of hydrogen-bond donors (Lipinski definition) is 0. The van der Waals surface area contributed by atoms with E-state index in [0.29, 0.717) is 22.2 Å². The van der Waals surface area contributed by atoms with Crippen LogP contribution < -0.4 is 20.7 Å². The van der Waals surface area contributed by atoms with Crippen LogP contribution in [0, 0.1) is 0 Å². The van der Waals surface area contributed by atoms with Gasteiger partial charge < -0.3 is 18.3 Å². The van der Waals surface area contributed by atoms with Crippen molar-refractivity contribution in [2.24, 2.45) is 0 Å². The normalized spacial score (nSPS) is 11.2. The van der Waals surface area contributed by atoms with Crippen molar-refractivity contribution in [3.63, 3.8) is 0 Å². The van der Waals surface area contributed by atoms with Crippen LogP contribution in [0.4, 0.5) is 0 Å². The lowest BCUT2D eigenvalue weighted by Crippen LogP contribution is -2.05. The summed E-state index contributed by atoms with van der Waals surface area (Å²) in [6.07, 6.45) is 0. The molecule has 196 valence electrons. The molecular formula is C30H18N2O8. The predicted octanol–water partition coefficient (Wildman–Crippen LogP) is 5.03. The molecule has 0 unspecified atom stereocenters. The summed E-state index contributed by atoms with van der Waals surface area (Å²) in [6.45, 7) is 2.54. The maximum atomic E-state index is 12.7. The zero-order chi connectivity index (χ0) is 28.0. The molecule has 0 saturated heterocycles. The Morgan fingerprint density at radius 2 is 1.02 bits per heavy atom. The lowest BCUT2D eigenvalue weighted by Gasteiger charge is -2.07. The third-order valence-corrected chi connectivity index (χ3v) is 6.06. The van der Waals surface area contributed by atoms with Gasteiger partial charge in [0.2, 0.25) is 11.8 Å². The van der Waals surface area contributed by atoms with Crippen LogP contribution in [0.2, 0.25) is 0 Å². The summed E-state index contributed by atoms with van der Waals surface area (Å²) >= 11 is 0. The molecule has 0 atom stereocenters. The first kappa shape index (κ1) is 24.7. The number of fused-ring (bicyclic) bond motifs is 3. The van der Waals surface area contributed by atoms with Gasteiger partial charge in [-0.15, -0.1) is 0 Å². The van der Waals surface area contributed by atoms with Gasteiger partial charge >= 0.3 is 23.2 Å². The van der Waals surface area contributed by atoms with Gasteiger partial charge in [-0.25, -0.2) is 19.6 Å². The van der Waals surface area contributed by atoms with Gasteiger partial charge in [-0.1, -0.05) is 12.1 Å². The maximum Gasteiger partial charge on any atom is 0.347 e. The molecular weight excluding hydrogens is 516 g/mol. The summed E-state index contributed by atoms with van der Waals surface area (Å²) < 4.78 is 21.0. The fourth-order valence-electron chi connectivity index (χ4n) is 4.32. The molecule has 2 aromatic heterocycles. The van der Waals surface area contributed by atoms with E-state index < -0.39 is 23.2 Å². The molecule has 0 radical (unpaired) electrons. The van der Waals surface area contributed by atoms with Gasteiger partial charge in [-0.05, 0) is 71.4 Å². The predicted molar refractivity (Wildman–Crippen MR) is 145 cm³/mol. The average molecular weight is 534 g/mol. The molecule has 10 heteroatoms. The van der Waals surface area contributed by atoms with Crippen LogP contribution >= 0.6 is 0 Å². The van der Waals surface area contributed by atoms with E-state index in [-0.39, 0.29) is 34.1 Å². The zero-order valence-electron chi connectivity index (χ0n) is 21.1. The summed E-state index contributed by atoms with van der Waals surface area (Å²) in [5.41, 5.74) is 0.748. The van der Waals surface area contributed by atoms with Gasteiger partial charge in [-0.2, -0.15) is 0 Å². The minimum atomic E-state index is -0.609. The molecule has 0 aliphatic carbocycles. The smallest absolute Gasteiger partial charge is 0.347 e. The minimum absolute atomic E-state index is 0.138. The van der Waals surface area contributed by atoms with Crippen LogP contribution in [-0.4, -0.2) is 21.9 Å². The third kappa shape index (κ3) is 4.69. The quantitative estimate of drug-likeness (QED) is 0.224. The van der Waals surface area contributed by atoms with Crippen LogP contribution in [0.15, 0.2) is 91.2 Å². The second-order valence-electron chi connectivity index (χ2n) is 8.93. The number of aromatic nitrogens is 2. The third-order valence-electron chi connectivity index (χ3n) is 6.06. The number of rotatable bonds is 4. The van der Waals surface area contributed by atoms with E-state index in [1.54, 1.807) is 36.4 Å². The molecule has 6 aromatic rings. The van der Waals surface area contributed by atoms with E-state index in [4.69, 9.17) is 18.3 Å².